The molecule has 0 saturated heterocycles. The molecule has 2 rings (SSSR count). The van der Waals surface area contributed by atoms with E-state index in [1.807, 2.05) is 0 Å². The first-order valence-electron chi connectivity index (χ1n) is 8.60. The highest BCUT2D eigenvalue weighted by atomic mass is 16.5. The van der Waals surface area contributed by atoms with Crippen molar-refractivity contribution in [2.75, 3.05) is 24.3 Å². The van der Waals surface area contributed by atoms with Gasteiger partial charge in [-0.3, -0.25) is 9.59 Å². The highest BCUT2D eigenvalue weighted by Gasteiger charge is 2.16. The van der Waals surface area contributed by atoms with Crippen LogP contribution in [0.4, 0.5) is 11.4 Å². The number of benzene rings is 1. The topological polar surface area (TPSA) is 93.5 Å². The van der Waals surface area contributed by atoms with E-state index in [9.17, 15) is 9.59 Å². The second kappa shape index (κ2) is 9.27. The van der Waals surface area contributed by atoms with E-state index in [-0.39, 0.29) is 18.4 Å². The lowest BCUT2D eigenvalue weighted by molar-refractivity contribution is -0.117. The molecule has 1 aliphatic carbocycles. The zero-order valence-electron chi connectivity index (χ0n) is 14.3. The van der Waals surface area contributed by atoms with Gasteiger partial charge in [-0.25, -0.2) is 0 Å². The van der Waals surface area contributed by atoms with Crippen molar-refractivity contribution < 1.29 is 14.3 Å². The van der Waals surface area contributed by atoms with Crippen LogP contribution in [0.2, 0.25) is 0 Å². The number of nitrogens with two attached hydrogens (primary N) is 1. The smallest absolute Gasteiger partial charge is 0.238 e. The minimum absolute atomic E-state index is 0.0333. The summed E-state index contributed by atoms with van der Waals surface area (Å²) in [6.07, 6.45) is 7.76. The molecule has 4 N–H and O–H groups in total. The number of amides is 2. The zero-order chi connectivity index (χ0) is 17.4. The van der Waals surface area contributed by atoms with Crippen molar-refractivity contribution in [3.63, 3.8) is 0 Å². The van der Waals surface area contributed by atoms with E-state index >= 15 is 0 Å². The molecule has 6 heteroatoms. The van der Waals surface area contributed by atoms with Gasteiger partial charge in [-0.05, 0) is 24.5 Å². The molecular weight excluding hydrogens is 306 g/mol. The van der Waals surface area contributed by atoms with Gasteiger partial charge >= 0.3 is 0 Å². The van der Waals surface area contributed by atoms with Crippen LogP contribution in [0.3, 0.4) is 0 Å². The van der Waals surface area contributed by atoms with Crippen molar-refractivity contribution in [1.82, 2.24) is 0 Å². The van der Waals surface area contributed by atoms with E-state index in [1.54, 1.807) is 25.3 Å². The first-order chi connectivity index (χ1) is 11.6. The summed E-state index contributed by atoms with van der Waals surface area (Å²) in [5, 5.41) is 5.57. The van der Waals surface area contributed by atoms with Gasteiger partial charge in [-0.15, -0.1) is 0 Å². The van der Waals surface area contributed by atoms with Gasteiger partial charge in [-0.1, -0.05) is 32.1 Å². The fourth-order valence-corrected chi connectivity index (χ4v) is 3.09. The lowest BCUT2D eigenvalue weighted by Gasteiger charge is -2.21. The number of ether oxygens (including phenoxy) is 1. The highest BCUT2D eigenvalue weighted by Crippen LogP contribution is 2.29. The third-order valence-electron chi connectivity index (χ3n) is 4.46. The van der Waals surface area contributed by atoms with Gasteiger partial charge in [0.25, 0.3) is 0 Å². The van der Waals surface area contributed by atoms with Crippen molar-refractivity contribution in [3.05, 3.63) is 18.2 Å². The average molecular weight is 333 g/mol. The Bertz CT molecular complexity index is 569. The molecule has 0 heterocycles. The molecule has 24 heavy (non-hydrogen) atoms. The zero-order valence-corrected chi connectivity index (χ0v) is 14.3. The summed E-state index contributed by atoms with van der Waals surface area (Å²) in [6.45, 7) is -0.119. The monoisotopic (exact) mass is 333 g/mol. The normalized spacial score (nSPS) is 14.9. The fourth-order valence-electron chi connectivity index (χ4n) is 3.09. The van der Waals surface area contributed by atoms with Crippen LogP contribution in [0, 0.1) is 5.92 Å². The lowest BCUT2D eigenvalue weighted by Crippen LogP contribution is -2.23. The maximum Gasteiger partial charge on any atom is 0.238 e. The maximum absolute atomic E-state index is 12.2. The molecule has 0 aromatic heterocycles. The van der Waals surface area contributed by atoms with Gasteiger partial charge in [0.15, 0.2) is 0 Å². The number of anilines is 2. The quantitative estimate of drug-likeness (QED) is 0.715. The summed E-state index contributed by atoms with van der Waals surface area (Å²) in [5.41, 5.74) is 6.40. The van der Waals surface area contributed by atoms with Crippen molar-refractivity contribution in [2.45, 2.75) is 44.9 Å². The largest absolute Gasteiger partial charge is 0.497 e. The van der Waals surface area contributed by atoms with E-state index in [4.69, 9.17) is 10.5 Å². The van der Waals surface area contributed by atoms with Gasteiger partial charge in [0.2, 0.25) is 11.8 Å². The Morgan fingerprint density at radius 3 is 2.50 bits per heavy atom. The van der Waals surface area contributed by atoms with E-state index < -0.39 is 0 Å². The minimum atomic E-state index is -0.319. The Labute approximate surface area is 143 Å². The van der Waals surface area contributed by atoms with Crippen LogP contribution in [0.15, 0.2) is 18.2 Å². The van der Waals surface area contributed by atoms with Crippen LogP contribution in [0.5, 0.6) is 5.75 Å². The molecule has 1 fully saturated rings. The van der Waals surface area contributed by atoms with E-state index in [0.717, 1.165) is 6.42 Å². The molecule has 6 nitrogen and oxygen atoms in total. The fraction of sp³-hybridized carbons (Fsp3) is 0.556. The van der Waals surface area contributed by atoms with Crippen molar-refractivity contribution in [1.29, 1.82) is 0 Å². The van der Waals surface area contributed by atoms with Crippen LogP contribution < -0.4 is 21.1 Å². The Morgan fingerprint density at radius 1 is 1.12 bits per heavy atom. The third kappa shape index (κ3) is 5.53. The van der Waals surface area contributed by atoms with Gasteiger partial charge in [-0.2, -0.15) is 0 Å². The number of methoxy groups -OCH3 is 1. The number of carbonyl (C=O) groups is 2. The number of nitrogens with one attached hydrogen (secondary N) is 2. The van der Waals surface area contributed by atoms with Crippen molar-refractivity contribution in [3.8, 4) is 5.75 Å². The van der Waals surface area contributed by atoms with Crippen LogP contribution >= 0.6 is 0 Å². The van der Waals surface area contributed by atoms with E-state index in [1.165, 1.54) is 32.1 Å². The number of hydrogen-bond donors (Lipinski definition) is 3. The predicted octanol–water partition coefficient (Wildman–Crippen LogP) is 2.89. The number of carbonyl (C=O) groups excluding carboxylic acids is 2. The summed E-state index contributed by atoms with van der Waals surface area (Å²) in [5.74, 6) is 0.911. The molecule has 0 spiro atoms. The van der Waals surface area contributed by atoms with Gasteiger partial charge in [0.05, 0.1) is 25.0 Å². The van der Waals surface area contributed by atoms with Gasteiger partial charge in [0, 0.05) is 12.5 Å². The number of hydrogen-bond acceptors (Lipinski definition) is 4. The van der Waals surface area contributed by atoms with Gasteiger partial charge in [0.1, 0.15) is 5.75 Å². The van der Waals surface area contributed by atoms with Crippen LogP contribution in [0.25, 0.3) is 0 Å². The summed E-state index contributed by atoms with van der Waals surface area (Å²) in [4.78, 5) is 23.8. The molecule has 2 amide bonds. The standard InChI is InChI=1S/C18H27N3O3/c1-24-14-8-9-15(16(11-14)21-18(23)12-19)20-17(22)10-7-13-5-3-2-4-6-13/h8-9,11,13H,2-7,10,12,19H2,1H3,(H,20,22)(H,21,23). The molecule has 0 atom stereocenters. The summed E-state index contributed by atoms with van der Waals surface area (Å²) < 4.78 is 5.16. The molecule has 0 bridgehead atoms. The number of rotatable bonds is 7. The molecule has 1 aliphatic rings. The molecule has 0 radical (unpaired) electrons. The van der Waals surface area contributed by atoms with E-state index in [0.29, 0.717) is 29.5 Å². The van der Waals surface area contributed by atoms with Crippen molar-refractivity contribution in [2.24, 2.45) is 11.7 Å². The first-order valence-corrected chi connectivity index (χ1v) is 8.60. The second-order valence-corrected chi connectivity index (χ2v) is 6.25. The SMILES string of the molecule is COc1ccc(NC(=O)CCC2CCCCC2)c(NC(=O)CN)c1. The lowest BCUT2D eigenvalue weighted by atomic mass is 9.86. The predicted molar refractivity (Wildman–Crippen MR) is 95.1 cm³/mol. The van der Waals surface area contributed by atoms with Crippen LogP contribution in [-0.4, -0.2) is 25.5 Å². The molecule has 0 unspecified atom stereocenters. The first kappa shape index (κ1) is 18.3. The molecule has 1 aromatic carbocycles. The van der Waals surface area contributed by atoms with E-state index in [2.05, 4.69) is 10.6 Å². The Kier molecular flexibility index (Phi) is 7.06. The molecular formula is C18H27N3O3. The second-order valence-electron chi connectivity index (χ2n) is 6.25. The Morgan fingerprint density at radius 2 is 1.83 bits per heavy atom. The summed E-state index contributed by atoms with van der Waals surface area (Å²) >= 11 is 0. The van der Waals surface area contributed by atoms with Crippen molar-refractivity contribution >= 4 is 23.2 Å². The summed E-state index contributed by atoms with van der Waals surface area (Å²) in [7, 11) is 1.55. The van der Waals surface area contributed by atoms with Crippen LogP contribution in [-0.2, 0) is 9.59 Å². The molecule has 0 aliphatic heterocycles. The molecule has 132 valence electrons. The molecule has 1 saturated carbocycles. The minimum Gasteiger partial charge on any atom is -0.497 e. The highest BCUT2D eigenvalue weighted by molar-refractivity contribution is 6.00. The average Bonchev–Trinajstić information content (AvgIpc) is 2.62. The Balaban J connectivity index is 1.96. The Hall–Kier alpha value is -2.08. The van der Waals surface area contributed by atoms with Gasteiger partial charge < -0.3 is 21.1 Å². The third-order valence-corrected chi connectivity index (χ3v) is 4.46. The summed E-state index contributed by atoms with van der Waals surface area (Å²) in [6, 6.07) is 5.14. The van der Waals surface area contributed by atoms with Crippen LogP contribution in [0.1, 0.15) is 44.9 Å². The molecule has 1 aromatic rings. The maximum atomic E-state index is 12.2.